The van der Waals surface area contributed by atoms with Crippen LogP contribution in [0.3, 0.4) is 0 Å². The summed E-state index contributed by atoms with van der Waals surface area (Å²) in [5.41, 5.74) is 0. The smallest absolute Gasteiger partial charge is 0.0171 e. The number of hydrogen-bond acceptors (Lipinski definition) is 2. The molecule has 0 bridgehead atoms. The first kappa shape index (κ1) is 9.87. The van der Waals surface area contributed by atoms with E-state index in [4.69, 9.17) is 0 Å². The van der Waals surface area contributed by atoms with Crippen LogP contribution >= 0.6 is 11.8 Å². The first-order chi connectivity index (χ1) is 5.72. The van der Waals surface area contributed by atoms with Gasteiger partial charge in [-0.25, -0.2) is 0 Å². The molecule has 1 aliphatic heterocycles. The van der Waals surface area contributed by atoms with Crippen molar-refractivity contribution >= 4 is 11.8 Å². The molecule has 0 saturated carbocycles. The van der Waals surface area contributed by atoms with Gasteiger partial charge in [-0.2, -0.15) is 0 Å². The second-order valence-electron chi connectivity index (χ2n) is 3.18. The van der Waals surface area contributed by atoms with Crippen LogP contribution in [0.1, 0.15) is 20.3 Å². The highest BCUT2D eigenvalue weighted by molar-refractivity contribution is 8.06. The fourth-order valence-electron chi connectivity index (χ4n) is 1.11. The van der Waals surface area contributed by atoms with Gasteiger partial charge in [-0.1, -0.05) is 23.9 Å². The van der Waals surface area contributed by atoms with Crippen LogP contribution in [-0.2, 0) is 0 Å². The molecule has 0 aliphatic carbocycles. The van der Waals surface area contributed by atoms with E-state index in [-0.39, 0.29) is 0 Å². The number of allylic oxidation sites excluding steroid dienone is 2. The summed E-state index contributed by atoms with van der Waals surface area (Å²) in [5, 5.41) is 0. The Labute approximate surface area is 79.5 Å². The van der Waals surface area contributed by atoms with Crippen LogP contribution in [-0.4, -0.2) is 25.0 Å². The Morgan fingerprint density at radius 2 is 2.42 bits per heavy atom. The molecule has 1 aliphatic rings. The lowest BCUT2D eigenvalue weighted by Gasteiger charge is -2.21. The molecule has 0 aromatic carbocycles. The quantitative estimate of drug-likeness (QED) is 0.647. The monoisotopic (exact) mass is 183 g/mol. The molecule has 0 radical (unpaired) electrons. The van der Waals surface area contributed by atoms with E-state index in [1.807, 2.05) is 11.8 Å². The van der Waals surface area contributed by atoms with Crippen molar-refractivity contribution in [3.05, 3.63) is 22.0 Å². The predicted molar refractivity (Wildman–Crippen MR) is 57.2 cm³/mol. The van der Waals surface area contributed by atoms with Gasteiger partial charge in [0.05, 0.1) is 0 Å². The Kier molecular flexibility index (Phi) is 3.89. The Morgan fingerprint density at radius 1 is 1.67 bits per heavy atom. The summed E-state index contributed by atoms with van der Waals surface area (Å²) in [6.45, 7) is 6.58. The zero-order valence-electron chi connectivity index (χ0n) is 8.13. The fraction of sp³-hybridized carbons (Fsp3) is 0.600. The summed E-state index contributed by atoms with van der Waals surface area (Å²) in [5.74, 6) is 0. The molecular formula is C10H17NS. The summed E-state index contributed by atoms with van der Waals surface area (Å²) in [7, 11) is 2.17. The highest BCUT2D eigenvalue weighted by Gasteiger charge is 2.07. The second kappa shape index (κ2) is 4.73. The molecule has 2 heteroatoms. The van der Waals surface area contributed by atoms with Gasteiger partial charge in [0, 0.05) is 13.1 Å². The number of thioether (sulfide) groups is 1. The number of hydrogen-bond donors (Lipinski definition) is 0. The first-order valence-corrected chi connectivity index (χ1v) is 5.22. The Morgan fingerprint density at radius 3 is 2.92 bits per heavy atom. The van der Waals surface area contributed by atoms with E-state index in [1.165, 1.54) is 22.8 Å². The SMILES string of the molecule is C/C=C(/C)SC1=CCN(C)CC1. The zero-order valence-corrected chi connectivity index (χ0v) is 8.95. The van der Waals surface area contributed by atoms with Crippen LogP contribution in [0, 0.1) is 0 Å². The Balaban J connectivity index is 2.44. The van der Waals surface area contributed by atoms with Crippen molar-refractivity contribution in [1.29, 1.82) is 0 Å². The molecule has 1 heterocycles. The molecule has 1 nitrogen and oxygen atoms in total. The first-order valence-electron chi connectivity index (χ1n) is 4.40. The zero-order chi connectivity index (χ0) is 8.97. The van der Waals surface area contributed by atoms with Gasteiger partial charge in [0.25, 0.3) is 0 Å². The van der Waals surface area contributed by atoms with Crippen molar-refractivity contribution < 1.29 is 0 Å². The van der Waals surface area contributed by atoms with Gasteiger partial charge in [0.15, 0.2) is 0 Å². The minimum Gasteiger partial charge on any atom is -0.302 e. The normalized spacial score (nSPS) is 20.9. The van der Waals surface area contributed by atoms with Crippen LogP contribution in [0.15, 0.2) is 22.0 Å². The van der Waals surface area contributed by atoms with Crippen LogP contribution < -0.4 is 0 Å². The van der Waals surface area contributed by atoms with Gasteiger partial charge in [-0.05, 0) is 37.1 Å². The van der Waals surface area contributed by atoms with Crippen LogP contribution in [0.4, 0.5) is 0 Å². The summed E-state index contributed by atoms with van der Waals surface area (Å²) < 4.78 is 0. The highest BCUT2D eigenvalue weighted by atomic mass is 32.2. The van der Waals surface area contributed by atoms with Crippen LogP contribution in [0.5, 0.6) is 0 Å². The van der Waals surface area contributed by atoms with E-state index in [2.05, 4.69) is 37.9 Å². The Hall–Kier alpha value is -0.210. The van der Waals surface area contributed by atoms with E-state index >= 15 is 0 Å². The molecule has 0 unspecified atom stereocenters. The third kappa shape index (κ3) is 3.03. The van der Waals surface area contributed by atoms with Gasteiger partial charge in [-0.3, -0.25) is 0 Å². The van der Waals surface area contributed by atoms with Crippen molar-refractivity contribution in [2.75, 3.05) is 20.1 Å². The van der Waals surface area contributed by atoms with Gasteiger partial charge in [-0.15, -0.1) is 0 Å². The van der Waals surface area contributed by atoms with E-state index in [9.17, 15) is 0 Å². The topological polar surface area (TPSA) is 3.24 Å². The van der Waals surface area contributed by atoms with E-state index in [0.29, 0.717) is 0 Å². The Bertz CT molecular complexity index is 206. The maximum absolute atomic E-state index is 2.34. The van der Waals surface area contributed by atoms with Crippen molar-refractivity contribution in [1.82, 2.24) is 4.90 Å². The van der Waals surface area contributed by atoms with Crippen molar-refractivity contribution in [3.8, 4) is 0 Å². The van der Waals surface area contributed by atoms with E-state index < -0.39 is 0 Å². The number of likely N-dealkylation sites (N-methyl/N-ethyl adjacent to an activating group) is 1. The molecule has 1 rings (SSSR count). The summed E-state index contributed by atoms with van der Waals surface area (Å²) in [6, 6.07) is 0. The van der Waals surface area contributed by atoms with Crippen molar-refractivity contribution in [2.45, 2.75) is 20.3 Å². The molecular weight excluding hydrogens is 166 g/mol. The molecule has 0 atom stereocenters. The maximum atomic E-state index is 2.34. The van der Waals surface area contributed by atoms with E-state index in [1.54, 1.807) is 0 Å². The van der Waals surface area contributed by atoms with Crippen LogP contribution in [0.25, 0.3) is 0 Å². The highest BCUT2D eigenvalue weighted by Crippen LogP contribution is 2.28. The molecule has 0 aromatic rings. The fourth-order valence-corrected chi connectivity index (χ4v) is 1.99. The average molecular weight is 183 g/mol. The maximum Gasteiger partial charge on any atom is 0.0171 e. The molecule has 0 aromatic heterocycles. The molecule has 0 N–H and O–H groups in total. The van der Waals surface area contributed by atoms with Gasteiger partial charge in [0.1, 0.15) is 0 Å². The lowest BCUT2D eigenvalue weighted by atomic mass is 10.3. The minimum absolute atomic E-state index is 1.11. The summed E-state index contributed by atoms with van der Waals surface area (Å²) >= 11 is 1.92. The standard InChI is InChI=1S/C10H17NS/c1-4-9(2)12-10-5-7-11(3)8-6-10/h4-5H,6-8H2,1-3H3/b9-4-. The second-order valence-corrected chi connectivity index (χ2v) is 4.56. The van der Waals surface area contributed by atoms with Crippen molar-refractivity contribution in [3.63, 3.8) is 0 Å². The number of rotatable bonds is 2. The van der Waals surface area contributed by atoms with Crippen LogP contribution in [0.2, 0.25) is 0 Å². The molecule has 0 amide bonds. The molecule has 0 fully saturated rings. The molecule has 0 saturated heterocycles. The molecule has 12 heavy (non-hydrogen) atoms. The summed E-state index contributed by atoms with van der Waals surface area (Å²) in [6.07, 6.45) is 5.72. The third-order valence-electron chi connectivity index (χ3n) is 2.07. The molecule has 0 spiro atoms. The minimum atomic E-state index is 1.11. The number of nitrogens with zero attached hydrogens (tertiary/aromatic N) is 1. The third-order valence-corrected chi connectivity index (χ3v) is 3.26. The predicted octanol–water partition coefficient (Wildman–Crippen LogP) is 2.86. The summed E-state index contributed by atoms with van der Waals surface area (Å²) in [4.78, 5) is 5.28. The van der Waals surface area contributed by atoms with E-state index in [0.717, 1.165) is 6.54 Å². The lowest BCUT2D eigenvalue weighted by Crippen LogP contribution is -2.23. The van der Waals surface area contributed by atoms with Crippen molar-refractivity contribution in [2.24, 2.45) is 0 Å². The largest absolute Gasteiger partial charge is 0.302 e. The van der Waals surface area contributed by atoms with Gasteiger partial charge >= 0.3 is 0 Å². The van der Waals surface area contributed by atoms with Gasteiger partial charge in [0.2, 0.25) is 0 Å². The molecule has 68 valence electrons. The average Bonchev–Trinajstić information content (AvgIpc) is 2.09. The van der Waals surface area contributed by atoms with Gasteiger partial charge < -0.3 is 4.90 Å². The lowest BCUT2D eigenvalue weighted by molar-refractivity contribution is 0.364.